The first-order chi connectivity index (χ1) is 9.97. The lowest BCUT2D eigenvalue weighted by atomic mass is 10.2. The van der Waals surface area contributed by atoms with Crippen molar-refractivity contribution in [2.75, 3.05) is 32.6 Å². The largest absolute Gasteiger partial charge is 0.492 e. The minimum atomic E-state index is -0.903. The first-order valence-corrected chi connectivity index (χ1v) is 6.88. The molecule has 0 saturated heterocycles. The van der Waals surface area contributed by atoms with Gasteiger partial charge >= 0.3 is 5.97 Å². The lowest BCUT2D eigenvalue weighted by Crippen LogP contribution is -2.19. The highest BCUT2D eigenvalue weighted by molar-refractivity contribution is 5.98. The van der Waals surface area contributed by atoms with E-state index in [0.717, 1.165) is 12.3 Å². The van der Waals surface area contributed by atoms with Crippen LogP contribution in [0.2, 0.25) is 0 Å². The molecule has 0 radical (unpaired) electrons. The summed E-state index contributed by atoms with van der Waals surface area (Å²) in [6.07, 6.45) is 0.424. The maximum absolute atomic E-state index is 11.8. The molecule has 1 amide bonds. The summed E-state index contributed by atoms with van der Waals surface area (Å²) in [7, 11) is 3.95. The Balaban J connectivity index is 1.80. The number of hydrogen-bond acceptors (Lipinski definition) is 4. The molecule has 1 fully saturated rings. The zero-order chi connectivity index (χ0) is 15.4. The first-order valence-electron chi connectivity index (χ1n) is 6.88. The summed E-state index contributed by atoms with van der Waals surface area (Å²) < 4.78 is 5.55. The van der Waals surface area contributed by atoms with Gasteiger partial charge in [0.15, 0.2) is 0 Å². The molecule has 6 heteroatoms. The number of aliphatic carboxylic acids is 1. The van der Waals surface area contributed by atoms with Gasteiger partial charge in [-0.15, -0.1) is 0 Å². The van der Waals surface area contributed by atoms with E-state index in [1.807, 2.05) is 19.0 Å². The van der Waals surface area contributed by atoms with Gasteiger partial charge in [-0.25, -0.2) is 0 Å². The molecule has 1 aliphatic rings. The zero-order valence-corrected chi connectivity index (χ0v) is 12.2. The molecule has 0 aromatic heterocycles. The van der Waals surface area contributed by atoms with E-state index in [1.54, 1.807) is 24.3 Å². The van der Waals surface area contributed by atoms with Gasteiger partial charge in [0.05, 0.1) is 11.8 Å². The Labute approximate surface area is 123 Å². The monoisotopic (exact) mass is 292 g/mol. The van der Waals surface area contributed by atoms with Gasteiger partial charge < -0.3 is 20.1 Å². The molecular weight excluding hydrogens is 272 g/mol. The van der Waals surface area contributed by atoms with E-state index in [4.69, 9.17) is 9.84 Å². The Bertz CT molecular complexity index is 513. The molecule has 1 aromatic rings. The van der Waals surface area contributed by atoms with Crippen molar-refractivity contribution >= 4 is 17.6 Å². The van der Waals surface area contributed by atoms with Gasteiger partial charge in [-0.3, -0.25) is 9.59 Å². The Morgan fingerprint density at radius 1 is 1.29 bits per heavy atom. The number of carbonyl (C=O) groups is 2. The highest BCUT2D eigenvalue weighted by Crippen LogP contribution is 2.39. The van der Waals surface area contributed by atoms with Crippen LogP contribution in [0.4, 0.5) is 5.69 Å². The van der Waals surface area contributed by atoms with Crippen LogP contribution in [0.15, 0.2) is 24.3 Å². The molecule has 0 bridgehead atoms. The number of rotatable bonds is 7. The lowest BCUT2D eigenvalue weighted by Gasteiger charge is -2.11. The predicted molar refractivity (Wildman–Crippen MR) is 78.4 cm³/mol. The summed E-state index contributed by atoms with van der Waals surface area (Å²) in [5.74, 6) is -1.33. The summed E-state index contributed by atoms with van der Waals surface area (Å²) in [6, 6.07) is 7.07. The number of ether oxygens (including phenoxy) is 1. The first kappa shape index (κ1) is 15.3. The number of amides is 1. The van der Waals surface area contributed by atoms with E-state index in [2.05, 4.69) is 5.32 Å². The number of anilines is 1. The Hall–Kier alpha value is -2.08. The van der Waals surface area contributed by atoms with Crippen LogP contribution in [0.25, 0.3) is 0 Å². The summed E-state index contributed by atoms with van der Waals surface area (Å²) in [5.41, 5.74) is 0.649. The molecule has 0 spiro atoms. The second-order valence-corrected chi connectivity index (χ2v) is 5.45. The number of likely N-dealkylation sites (N-methyl/N-ethyl adjacent to an activating group) is 1. The Morgan fingerprint density at radius 3 is 2.48 bits per heavy atom. The van der Waals surface area contributed by atoms with Gasteiger partial charge in [-0.05, 0) is 44.8 Å². The number of carboxylic acid groups (broad SMARTS) is 1. The predicted octanol–water partition coefficient (Wildman–Crippen LogP) is 1.29. The maximum atomic E-state index is 11.8. The van der Waals surface area contributed by atoms with Crippen molar-refractivity contribution in [3.8, 4) is 5.75 Å². The molecule has 0 aliphatic heterocycles. The standard InChI is InChI=1S/C15H20N2O4/c1-17(2)7-8-21-11-5-3-10(4-6-11)16-14(18)12-9-13(12)15(19)20/h3-6,12-13H,7-9H2,1-2H3,(H,16,18)(H,19,20). The molecule has 1 saturated carbocycles. The second kappa shape index (κ2) is 6.58. The van der Waals surface area contributed by atoms with Crippen molar-refractivity contribution in [2.24, 2.45) is 11.8 Å². The Kier molecular flexibility index (Phi) is 4.80. The number of carboxylic acids is 1. The van der Waals surface area contributed by atoms with Gasteiger partial charge in [-0.2, -0.15) is 0 Å². The van der Waals surface area contributed by atoms with Crippen LogP contribution in [0.5, 0.6) is 5.75 Å². The fraction of sp³-hybridized carbons (Fsp3) is 0.467. The Morgan fingerprint density at radius 2 is 1.95 bits per heavy atom. The van der Waals surface area contributed by atoms with E-state index in [9.17, 15) is 9.59 Å². The number of carbonyl (C=O) groups excluding carboxylic acids is 1. The van der Waals surface area contributed by atoms with Crippen molar-refractivity contribution < 1.29 is 19.4 Å². The molecule has 2 atom stereocenters. The second-order valence-electron chi connectivity index (χ2n) is 5.45. The summed E-state index contributed by atoms with van der Waals surface area (Å²) in [4.78, 5) is 24.6. The van der Waals surface area contributed by atoms with E-state index in [-0.39, 0.29) is 5.91 Å². The van der Waals surface area contributed by atoms with Gasteiger partial charge in [0.25, 0.3) is 0 Å². The van der Waals surface area contributed by atoms with Gasteiger partial charge in [0.1, 0.15) is 12.4 Å². The normalized spacial score (nSPS) is 20.1. The molecule has 114 valence electrons. The molecule has 2 unspecified atom stereocenters. The highest BCUT2D eigenvalue weighted by atomic mass is 16.5. The van der Waals surface area contributed by atoms with Crippen molar-refractivity contribution in [1.82, 2.24) is 4.90 Å². The third kappa shape index (κ3) is 4.46. The molecule has 0 heterocycles. The van der Waals surface area contributed by atoms with Gasteiger partial charge in [0.2, 0.25) is 5.91 Å². The number of nitrogens with zero attached hydrogens (tertiary/aromatic N) is 1. The average Bonchev–Trinajstić information content (AvgIpc) is 3.21. The molecule has 21 heavy (non-hydrogen) atoms. The van der Waals surface area contributed by atoms with Crippen molar-refractivity contribution in [3.05, 3.63) is 24.3 Å². The number of nitrogens with one attached hydrogen (secondary N) is 1. The van der Waals surface area contributed by atoms with Crippen LogP contribution < -0.4 is 10.1 Å². The minimum Gasteiger partial charge on any atom is -0.492 e. The molecule has 2 N–H and O–H groups in total. The van der Waals surface area contributed by atoms with Crippen LogP contribution in [0.3, 0.4) is 0 Å². The van der Waals surface area contributed by atoms with Crippen LogP contribution in [0.1, 0.15) is 6.42 Å². The van der Waals surface area contributed by atoms with E-state index < -0.39 is 17.8 Å². The van der Waals surface area contributed by atoms with E-state index >= 15 is 0 Å². The summed E-state index contributed by atoms with van der Waals surface area (Å²) >= 11 is 0. The van der Waals surface area contributed by atoms with Crippen molar-refractivity contribution in [1.29, 1.82) is 0 Å². The lowest BCUT2D eigenvalue weighted by molar-refractivity contribution is -0.139. The van der Waals surface area contributed by atoms with Crippen LogP contribution in [0, 0.1) is 11.8 Å². The van der Waals surface area contributed by atoms with Crippen LogP contribution in [-0.4, -0.2) is 49.1 Å². The van der Waals surface area contributed by atoms with Crippen LogP contribution >= 0.6 is 0 Å². The van der Waals surface area contributed by atoms with Crippen LogP contribution in [-0.2, 0) is 9.59 Å². The fourth-order valence-corrected chi connectivity index (χ4v) is 1.97. The third-order valence-electron chi connectivity index (χ3n) is 3.37. The number of benzene rings is 1. The zero-order valence-electron chi connectivity index (χ0n) is 12.2. The molecule has 2 rings (SSSR count). The smallest absolute Gasteiger partial charge is 0.307 e. The van der Waals surface area contributed by atoms with Gasteiger partial charge in [0, 0.05) is 12.2 Å². The fourth-order valence-electron chi connectivity index (χ4n) is 1.97. The summed E-state index contributed by atoms with van der Waals surface area (Å²) in [6.45, 7) is 1.43. The third-order valence-corrected chi connectivity index (χ3v) is 3.37. The molecular formula is C15H20N2O4. The SMILES string of the molecule is CN(C)CCOc1ccc(NC(=O)C2CC2C(=O)O)cc1. The topological polar surface area (TPSA) is 78.9 Å². The molecule has 1 aromatic carbocycles. The van der Waals surface area contributed by atoms with E-state index in [0.29, 0.717) is 18.7 Å². The molecule has 6 nitrogen and oxygen atoms in total. The molecule has 1 aliphatic carbocycles. The maximum Gasteiger partial charge on any atom is 0.307 e. The number of hydrogen-bond donors (Lipinski definition) is 2. The van der Waals surface area contributed by atoms with Crippen molar-refractivity contribution in [2.45, 2.75) is 6.42 Å². The highest BCUT2D eigenvalue weighted by Gasteiger charge is 2.48. The van der Waals surface area contributed by atoms with Gasteiger partial charge in [-0.1, -0.05) is 0 Å². The van der Waals surface area contributed by atoms with E-state index in [1.165, 1.54) is 0 Å². The average molecular weight is 292 g/mol. The quantitative estimate of drug-likeness (QED) is 0.791. The summed E-state index contributed by atoms with van der Waals surface area (Å²) in [5, 5.41) is 11.5. The minimum absolute atomic E-state index is 0.233. The van der Waals surface area contributed by atoms with Crippen molar-refractivity contribution in [3.63, 3.8) is 0 Å².